The lowest BCUT2D eigenvalue weighted by atomic mass is 9.85. The highest BCUT2D eigenvalue weighted by molar-refractivity contribution is 5.73. The molecule has 1 aromatic rings. The minimum absolute atomic E-state index is 0.260. The lowest BCUT2D eigenvalue weighted by Gasteiger charge is -2.32. The van der Waals surface area contributed by atoms with Crippen LogP contribution in [0.4, 0.5) is 4.79 Å². The van der Waals surface area contributed by atoms with Crippen molar-refractivity contribution in [3.63, 3.8) is 0 Å². The number of nitrogens with zero attached hydrogens (tertiary/aromatic N) is 1. The predicted molar refractivity (Wildman–Crippen MR) is 83.5 cm³/mol. The molecule has 1 saturated carbocycles. The molecule has 0 aromatic carbocycles. The Morgan fingerprint density at radius 2 is 1.95 bits per heavy atom. The van der Waals surface area contributed by atoms with Crippen molar-refractivity contribution in [3.8, 4) is 0 Å². The summed E-state index contributed by atoms with van der Waals surface area (Å²) >= 11 is 0. The molecular weight excluding hydrogens is 282 g/mol. The molecule has 0 unspecified atom stereocenters. The van der Waals surface area contributed by atoms with E-state index in [4.69, 9.17) is 4.52 Å². The van der Waals surface area contributed by atoms with Crippen LogP contribution in [0.2, 0.25) is 0 Å². The van der Waals surface area contributed by atoms with E-state index in [1.165, 1.54) is 6.42 Å². The van der Waals surface area contributed by atoms with Crippen molar-refractivity contribution in [2.75, 3.05) is 6.54 Å². The van der Waals surface area contributed by atoms with Gasteiger partial charge in [0, 0.05) is 25.1 Å². The third kappa shape index (κ3) is 4.22. The van der Waals surface area contributed by atoms with Crippen molar-refractivity contribution in [2.45, 2.75) is 70.9 Å². The number of urea groups is 1. The van der Waals surface area contributed by atoms with Gasteiger partial charge in [0.15, 0.2) is 0 Å². The molecule has 2 rings (SSSR count). The van der Waals surface area contributed by atoms with E-state index in [-0.39, 0.29) is 6.03 Å². The highest BCUT2D eigenvalue weighted by Crippen LogP contribution is 2.27. The van der Waals surface area contributed by atoms with Gasteiger partial charge in [-0.3, -0.25) is 0 Å². The van der Waals surface area contributed by atoms with Crippen LogP contribution in [0.5, 0.6) is 0 Å². The molecule has 2 amide bonds. The molecular formula is C16H27N3O3. The van der Waals surface area contributed by atoms with Crippen molar-refractivity contribution >= 4 is 6.03 Å². The second-order valence-electron chi connectivity index (χ2n) is 6.06. The summed E-state index contributed by atoms with van der Waals surface area (Å²) in [5.74, 6) is 0.822. The van der Waals surface area contributed by atoms with Crippen molar-refractivity contribution in [2.24, 2.45) is 0 Å². The molecule has 0 saturated heterocycles. The van der Waals surface area contributed by atoms with Gasteiger partial charge < -0.3 is 20.3 Å². The Balaban J connectivity index is 1.81. The van der Waals surface area contributed by atoms with Gasteiger partial charge in [0.25, 0.3) is 0 Å². The fourth-order valence-corrected chi connectivity index (χ4v) is 3.00. The van der Waals surface area contributed by atoms with Crippen LogP contribution < -0.4 is 10.6 Å². The Morgan fingerprint density at radius 3 is 2.59 bits per heavy atom. The molecule has 0 radical (unpaired) electrons. The molecule has 22 heavy (non-hydrogen) atoms. The van der Waals surface area contributed by atoms with Gasteiger partial charge in [0.2, 0.25) is 0 Å². The van der Waals surface area contributed by atoms with E-state index in [2.05, 4.69) is 15.8 Å². The molecule has 124 valence electrons. The van der Waals surface area contributed by atoms with Crippen LogP contribution in [0.15, 0.2) is 4.52 Å². The van der Waals surface area contributed by atoms with Crippen molar-refractivity contribution < 1.29 is 14.4 Å². The van der Waals surface area contributed by atoms with Crippen LogP contribution in [-0.4, -0.2) is 28.4 Å². The minimum Gasteiger partial charge on any atom is -0.388 e. The Hall–Kier alpha value is -1.56. The summed E-state index contributed by atoms with van der Waals surface area (Å²) in [6.07, 6.45) is 6.28. The second-order valence-corrected chi connectivity index (χ2v) is 6.06. The minimum atomic E-state index is -0.740. The van der Waals surface area contributed by atoms with Crippen LogP contribution in [0.3, 0.4) is 0 Å². The summed E-state index contributed by atoms with van der Waals surface area (Å²) < 4.78 is 5.28. The van der Waals surface area contributed by atoms with E-state index < -0.39 is 5.60 Å². The summed E-state index contributed by atoms with van der Waals surface area (Å²) in [6.45, 7) is 4.73. The van der Waals surface area contributed by atoms with Gasteiger partial charge in [-0.1, -0.05) is 38.3 Å². The number of rotatable bonds is 6. The molecule has 3 N–H and O–H groups in total. The van der Waals surface area contributed by atoms with Gasteiger partial charge >= 0.3 is 6.03 Å². The highest BCUT2D eigenvalue weighted by atomic mass is 16.5. The summed E-state index contributed by atoms with van der Waals surface area (Å²) in [5.41, 5.74) is 1.12. The fourth-order valence-electron chi connectivity index (χ4n) is 3.00. The maximum absolute atomic E-state index is 11.9. The van der Waals surface area contributed by atoms with Gasteiger partial charge in [0.05, 0.1) is 11.3 Å². The molecule has 1 aliphatic rings. The van der Waals surface area contributed by atoms with Crippen molar-refractivity contribution in [3.05, 3.63) is 17.0 Å². The second kappa shape index (κ2) is 7.63. The maximum Gasteiger partial charge on any atom is 0.315 e. The molecule has 6 nitrogen and oxygen atoms in total. The zero-order valence-corrected chi connectivity index (χ0v) is 13.6. The summed E-state index contributed by atoms with van der Waals surface area (Å²) in [6, 6.07) is -0.260. The number of nitrogens with one attached hydrogen (secondary N) is 2. The molecule has 1 heterocycles. The van der Waals surface area contributed by atoms with E-state index in [1.807, 2.05) is 13.8 Å². The van der Waals surface area contributed by atoms with Gasteiger partial charge in [-0.25, -0.2) is 4.79 Å². The lowest BCUT2D eigenvalue weighted by molar-refractivity contribution is 0.00719. The zero-order valence-electron chi connectivity index (χ0n) is 13.6. The maximum atomic E-state index is 11.9. The summed E-state index contributed by atoms with van der Waals surface area (Å²) in [4.78, 5) is 11.9. The first-order valence-electron chi connectivity index (χ1n) is 8.28. The quantitative estimate of drug-likeness (QED) is 0.752. The molecule has 1 aliphatic carbocycles. The standard InChI is InChI=1S/C16H27N3O3/c1-3-13-12(14(4-2)22-19-13)10-17-15(20)18-11-16(21)8-6-5-7-9-16/h21H,3-11H2,1-2H3,(H2,17,18,20). The third-order valence-electron chi connectivity index (χ3n) is 4.39. The molecule has 0 bridgehead atoms. The van der Waals surface area contributed by atoms with Gasteiger partial charge in [-0.15, -0.1) is 0 Å². The number of carbonyl (C=O) groups excluding carboxylic acids is 1. The van der Waals surface area contributed by atoms with Gasteiger partial charge in [-0.2, -0.15) is 0 Å². The Morgan fingerprint density at radius 1 is 1.23 bits per heavy atom. The lowest BCUT2D eigenvalue weighted by Crippen LogP contribution is -2.47. The molecule has 0 spiro atoms. The van der Waals surface area contributed by atoms with Crippen LogP contribution in [0.25, 0.3) is 0 Å². The number of hydrogen-bond donors (Lipinski definition) is 3. The van der Waals surface area contributed by atoms with Crippen LogP contribution in [0.1, 0.15) is 63.0 Å². The third-order valence-corrected chi connectivity index (χ3v) is 4.39. The van der Waals surface area contributed by atoms with Crippen LogP contribution in [-0.2, 0) is 19.4 Å². The monoisotopic (exact) mass is 309 g/mol. The molecule has 1 fully saturated rings. The number of amides is 2. The van der Waals surface area contributed by atoms with E-state index in [9.17, 15) is 9.90 Å². The van der Waals surface area contributed by atoms with E-state index in [0.717, 1.165) is 55.5 Å². The Bertz CT molecular complexity index is 471. The first-order valence-corrected chi connectivity index (χ1v) is 8.28. The summed E-state index contributed by atoms with van der Waals surface area (Å²) in [7, 11) is 0. The largest absolute Gasteiger partial charge is 0.388 e. The fraction of sp³-hybridized carbons (Fsp3) is 0.750. The van der Waals surface area contributed by atoms with Crippen molar-refractivity contribution in [1.82, 2.24) is 15.8 Å². The molecule has 0 atom stereocenters. The SMILES string of the molecule is CCc1noc(CC)c1CNC(=O)NCC1(O)CCCCC1. The summed E-state index contributed by atoms with van der Waals surface area (Å²) in [5, 5.41) is 20.0. The Labute approximate surface area is 131 Å². The first-order chi connectivity index (χ1) is 10.6. The molecule has 1 aromatic heterocycles. The normalized spacial score (nSPS) is 17.2. The first kappa shape index (κ1) is 16.8. The van der Waals surface area contributed by atoms with Crippen molar-refractivity contribution in [1.29, 1.82) is 0 Å². The smallest absolute Gasteiger partial charge is 0.315 e. The average molecular weight is 309 g/mol. The number of aromatic nitrogens is 1. The van der Waals surface area contributed by atoms with E-state index in [0.29, 0.717) is 13.1 Å². The number of carbonyl (C=O) groups is 1. The average Bonchev–Trinajstić information content (AvgIpc) is 2.93. The van der Waals surface area contributed by atoms with E-state index in [1.54, 1.807) is 0 Å². The Kier molecular flexibility index (Phi) is 5.83. The topological polar surface area (TPSA) is 87.4 Å². The van der Waals surface area contributed by atoms with E-state index >= 15 is 0 Å². The van der Waals surface area contributed by atoms with Crippen LogP contribution >= 0.6 is 0 Å². The highest BCUT2D eigenvalue weighted by Gasteiger charge is 2.29. The number of aryl methyl sites for hydroxylation is 2. The van der Waals surface area contributed by atoms with Gasteiger partial charge in [0.1, 0.15) is 5.76 Å². The molecule has 6 heteroatoms. The van der Waals surface area contributed by atoms with Crippen LogP contribution in [0, 0.1) is 0 Å². The number of aliphatic hydroxyl groups is 1. The number of hydrogen-bond acceptors (Lipinski definition) is 4. The van der Waals surface area contributed by atoms with Gasteiger partial charge in [-0.05, 0) is 19.3 Å². The molecule has 0 aliphatic heterocycles. The zero-order chi connectivity index (χ0) is 16.0. The predicted octanol–water partition coefficient (Wildman–Crippen LogP) is 2.29.